The lowest BCUT2D eigenvalue weighted by Gasteiger charge is -2.48. The molecule has 2 fully saturated rings. The third-order valence-corrected chi connectivity index (χ3v) is 11.7. The van der Waals surface area contributed by atoms with E-state index >= 15 is 0 Å². The van der Waals surface area contributed by atoms with Crippen LogP contribution in [0.2, 0.25) is 0 Å². The minimum absolute atomic E-state index is 0.0996. The van der Waals surface area contributed by atoms with Crippen LogP contribution in [-0.4, -0.2) is 58.8 Å². The fourth-order valence-electron chi connectivity index (χ4n) is 9.54. The van der Waals surface area contributed by atoms with Crippen LogP contribution in [0.15, 0.2) is 47.6 Å². The van der Waals surface area contributed by atoms with Gasteiger partial charge >= 0.3 is 11.9 Å². The van der Waals surface area contributed by atoms with Gasteiger partial charge in [-0.2, -0.15) is 0 Å². The molecule has 0 aromatic carbocycles. The number of rotatable bonds is 8. The quantitative estimate of drug-likeness (QED) is 0.309. The van der Waals surface area contributed by atoms with Gasteiger partial charge in [-0.05, 0) is 85.2 Å². The summed E-state index contributed by atoms with van der Waals surface area (Å²) in [7, 11) is 0. The molecule has 7 heteroatoms. The molecule has 0 amide bonds. The van der Waals surface area contributed by atoms with Gasteiger partial charge in [-0.3, -0.25) is 9.59 Å². The van der Waals surface area contributed by atoms with Crippen LogP contribution >= 0.6 is 0 Å². The summed E-state index contributed by atoms with van der Waals surface area (Å²) < 4.78 is 18.7. The predicted octanol–water partition coefficient (Wildman–Crippen LogP) is 6.24. The van der Waals surface area contributed by atoms with Crippen LogP contribution in [0.1, 0.15) is 91.9 Å². The highest BCUT2D eigenvalue weighted by molar-refractivity contribution is 5.71. The van der Waals surface area contributed by atoms with E-state index in [-0.39, 0.29) is 61.0 Å². The number of ether oxygens (including phenoxy) is 3. The number of carbonyl (C=O) groups is 2. The van der Waals surface area contributed by atoms with Crippen molar-refractivity contribution < 1.29 is 34.0 Å². The molecular formula is C38H54O7. The number of allylic oxidation sites excluding steroid dienone is 6. The van der Waals surface area contributed by atoms with Crippen molar-refractivity contribution in [2.45, 2.75) is 129 Å². The Morgan fingerprint density at radius 3 is 1.49 bits per heavy atom. The summed E-state index contributed by atoms with van der Waals surface area (Å²) in [6, 6.07) is 0. The highest BCUT2D eigenvalue weighted by Gasteiger charge is 2.46. The van der Waals surface area contributed by atoms with E-state index in [0.29, 0.717) is 48.3 Å². The molecule has 6 rings (SSSR count). The number of aliphatic hydroxyl groups excluding tert-OH is 2. The third-order valence-electron chi connectivity index (χ3n) is 11.7. The molecule has 2 saturated heterocycles. The molecule has 7 nitrogen and oxygen atoms in total. The van der Waals surface area contributed by atoms with Crippen LogP contribution in [0.25, 0.3) is 0 Å². The van der Waals surface area contributed by atoms with Crippen LogP contribution < -0.4 is 0 Å². The largest absolute Gasteiger partial charge is 0.462 e. The number of carbonyl (C=O) groups excluding carboxylic acids is 2. The molecule has 4 aliphatic carbocycles. The molecule has 2 heterocycles. The van der Waals surface area contributed by atoms with Crippen LogP contribution in [0.3, 0.4) is 0 Å². The van der Waals surface area contributed by atoms with Crippen molar-refractivity contribution in [3.63, 3.8) is 0 Å². The third kappa shape index (κ3) is 7.52. The zero-order chi connectivity index (χ0) is 31.8. The molecular weight excluding hydrogens is 568 g/mol. The van der Waals surface area contributed by atoms with Gasteiger partial charge in [0.15, 0.2) is 0 Å². The first-order valence-electron chi connectivity index (χ1n) is 17.7. The first kappa shape index (κ1) is 32.7. The zero-order valence-corrected chi connectivity index (χ0v) is 27.6. The lowest BCUT2D eigenvalue weighted by atomic mass is 9.64. The molecule has 2 N–H and O–H groups in total. The number of cyclic esters (lactones) is 2. The van der Waals surface area contributed by atoms with E-state index in [2.05, 4.69) is 64.2 Å². The minimum atomic E-state index is -0.604. The molecule has 248 valence electrons. The maximum absolute atomic E-state index is 12.0. The Labute approximate surface area is 269 Å². The van der Waals surface area contributed by atoms with Crippen molar-refractivity contribution in [1.82, 2.24) is 0 Å². The maximum Gasteiger partial charge on any atom is 0.308 e. The average molecular weight is 623 g/mol. The molecule has 2 aliphatic heterocycles. The maximum atomic E-state index is 12.0. The Morgan fingerprint density at radius 2 is 1.09 bits per heavy atom. The minimum Gasteiger partial charge on any atom is -0.462 e. The van der Waals surface area contributed by atoms with E-state index in [1.165, 1.54) is 11.1 Å². The summed E-state index contributed by atoms with van der Waals surface area (Å²) in [5.74, 6) is 2.37. The van der Waals surface area contributed by atoms with Gasteiger partial charge in [-0.1, -0.05) is 64.2 Å². The molecule has 0 radical (unpaired) electrons. The van der Waals surface area contributed by atoms with Gasteiger partial charge < -0.3 is 24.4 Å². The SMILES string of the molecule is C[C@H]1C=C2C=C[C@H](C)[C@H](CC[C@@H]3C[C@@H](O)CC(=O)O3)[C@H]2[C@@H](O[C@H]2C[C@@H](C)C=C3C=C[C@H](C)[C@H](CC[C@@H]4C[C@@H](O)CC(=O)O4)[C@H]32)C1. The molecule has 0 bridgehead atoms. The first-order chi connectivity index (χ1) is 21.5. The zero-order valence-electron chi connectivity index (χ0n) is 27.6. The van der Waals surface area contributed by atoms with Crippen molar-refractivity contribution >= 4 is 11.9 Å². The highest BCUT2D eigenvalue weighted by atomic mass is 16.6. The van der Waals surface area contributed by atoms with E-state index in [0.717, 1.165) is 38.5 Å². The Bertz CT molecular complexity index is 1120. The van der Waals surface area contributed by atoms with Crippen molar-refractivity contribution in [2.75, 3.05) is 0 Å². The molecule has 6 aliphatic rings. The fraction of sp³-hybridized carbons (Fsp3) is 0.737. The smallest absolute Gasteiger partial charge is 0.308 e. The van der Waals surface area contributed by atoms with Crippen LogP contribution in [-0.2, 0) is 23.8 Å². The number of esters is 2. The Hall–Kier alpha value is -2.22. The Balaban J connectivity index is 1.20. The van der Waals surface area contributed by atoms with E-state index < -0.39 is 12.2 Å². The van der Waals surface area contributed by atoms with Gasteiger partial charge in [0.25, 0.3) is 0 Å². The van der Waals surface area contributed by atoms with Gasteiger partial charge in [0.1, 0.15) is 12.2 Å². The van der Waals surface area contributed by atoms with E-state index in [1.54, 1.807) is 0 Å². The van der Waals surface area contributed by atoms with Gasteiger partial charge in [0.05, 0.1) is 37.3 Å². The van der Waals surface area contributed by atoms with Crippen LogP contribution in [0.5, 0.6) is 0 Å². The van der Waals surface area contributed by atoms with Crippen molar-refractivity contribution in [1.29, 1.82) is 0 Å². The van der Waals surface area contributed by atoms with Gasteiger partial charge in [0, 0.05) is 24.7 Å². The van der Waals surface area contributed by atoms with E-state index in [4.69, 9.17) is 14.2 Å². The van der Waals surface area contributed by atoms with Gasteiger partial charge in [-0.25, -0.2) is 0 Å². The molecule has 0 saturated carbocycles. The lowest BCUT2D eigenvalue weighted by Crippen LogP contribution is -2.46. The van der Waals surface area contributed by atoms with Crippen molar-refractivity contribution in [3.8, 4) is 0 Å². The summed E-state index contributed by atoms with van der Waals surface area (Å²) in [4.78, 5) is 24.1. The molecule has 0 aromatic heterocycles. The van der Waals surface area contributed by atoms with Crippen molar-refractivity contribution in [3.05, 3.63) is 47.6 Å². The number of fused-ring (bicyclic) bond motifs is 2. The first-order valence-corrected chi connectivity index (χ1v) is 17.7. The molecule has 0 spiro atoms. The second-order valence-corrected chi connectivity index (χ2v) is 15.4. The number of hydrogen-bond donors (Lipinski definition) is 2. The Morgan fingerprint density at radius 1 is 0.667 bits per heavy atom. The van der Waals surface area contributed by atoms with Gasteiger partial charge in [-0.15, -0.1) is 0 Å². The summed E-state index contributed by atoms with van der Waals surface area (Å²) in [5.41, 5.74) is 2.77. The topological polar surface area (TPSA) is 102 Å². The highest BCUT2D eigenvalue weighted by Crippen LogP contribution is 2.49. The van der Waals surface area contributed by atoms with Crippen molar-refractivity contribution in [2.24, 2.45) is 47.3 Å². The van der Waals surface area contributed by atoms with Crippen LogP contribution in [0, 0.1) is 47.3 Å². The van der Waals surface area contributed by atoms with Gasteiger partial charge in [0.2, 0.25) is 0 Å². The standard InChI is InChI=1S/C38H54O7/c1-21-13-25-7-5-23(3)31(11-9-29-17-27(39)19-35(41)43-29)37(25)33(15-21)45-34-16-22(2)14-26-8-6-24(4)32(38(26)34)12-10-30-18-28(40)20-36(42)44-30/h5-8,13-14,21-24,27-34,37-40H,9-12,15-20H2,1-4H3/t21-,22-,23-,24-,27+,28+,29+,30+,31-,32-,33-,34-,37-,38-/m0/s1. The summed E-state index contributed by atoms with van der Waals surface area (Å²) in [6.07, 6.45) is 19.4. The Kier molecular flexibility index (Phi) is 10.1. The van der Waals surface area contributed by atoms with E-state index in [1.807, 2.05) is 0 Å². The predicted molar refractivity (Wildman–Crippen MR) is 172 cm³/mol. The normalized spacial score (nSPS) is 44.7. The number of hydrogen-bond acceptors (Lipinski definition) is 7. The summed E-state index contributed by atoms with van der Waals surface area (Å²) in [5, 5.41) is 20.4. The lowest BCUT2D eigenvalue weighted by molar-refractivity contribution is -0.161. The molecule has 0 unspecified atom stereocenters. The molecule has 0 aromatic rings. The van der Waals surface area contributed by atoms with E-state index in [9.17, 15) is 19.8 Å². The summed E-state index contributed by atoms with van der Waals surface area (Å²) in [6.45, 7) is 9.20. The molecule has 14 atom stereocenters. The monoisotopic (exact) mass is 622 g/mol. The fourth-order valence-corrected chi connectivity index (χ4v) is 9.54. The summed E-state index contributed by atoms with van der Waals surface area (Å²) >= 11 is 0. The average Bonchev–Trinajstić information content (AvgIpc) is 2.95. The molecule has 45 heavy (non-hydrogen) atoms. The van der Waals surface area contributed by atoms with Crippen LogP contribution in [0.4, 0.5) is 0 Å². The number of aliphatic hydroxyl groups is 2. The second-order valence-electron chi connectivity index (χ2n) is 15.4. The second kappa shape index (κ2) is 13.9.